The fourth-order valence-electron chi connectivity index (χ4n) is 2.04. The van der Waals surface area contributed by atoms with E-state index in [0.29, 0.717) is 12.6 Å². The lowest BCUT2D eigenvalue weighted by Gasteiger charge is -2.18. The average Bonchev–Trinajstić information content (AvgIpc) is 2.62. The molecule has 2 rings (SSSR count). The van der Waals surface area contributed by atoms with Crippen LogP contribution < -0.4 is 5.73 Å². The zero-order valence-electron chi connectivity index (χ0n) is 9.98. The van der Waals surface area contributed by atoms with Gasteiger partial charge in [0.2, 0.25) is 5.95 Å². The second kappa shape index (κ2) is 5.06. The third kappa shape index (κ3) is 2.30. The number of hydrogen-bond donors (Lipinski definition) is 1. The van der Waals surface area contributed by atoms with E-state index in [1.54, 1.807) is 7.11 Å². The molecule has 1 heterocycles. The Kier molecular flexibility index (Phi) is 3.69. The Morgan fingerprint density at radius 3 is 2.94 bits per heavy atom. The molecule has 0 aliphatic heterocycles. The van der Waals surface area contributed by atoms with Gasteiger partial charge in [-0.1, -0.05) is 22.9 Å². The highest BCUT2D eigenvalue weighted by atomic mass is 79.9. The number of ether oxygens (including phenoxy) is 1. The van der Waals surface area contributed by atoms with Crippen molar-refractivity contribution in [3.05, 3.63) is 22.7 Å². The van der Waals surface area contributed by atoms with E-state index in [0.717, 1.165) is 21.9 Å². The van der Waals surface area contributed by atoms with Gasteiger partial charge in [0.05, 0.1) is 23.7 Å². The Balaban J connectivity index is 2.57. The molecule has 0 fully saturated rings. The van der Waals surface area contributed by atoms with E-state index in [4.69, 9.17) is 10.5 Å². The molecule has 1 unspecified atom stereocenters. The molecule has 2 N–H and O–H groups in total. The topological polar surface area (TPSA) is 53.1 Å². The molecule has 2 aromatic rings. The molecule has 0 bridgehead atoms. The van der Waals surface area contributed by atoms with Crippen LogP contribution in [0, 0.1) is 0 Å². The highest BCUT2D eigenvalue weighted by Crippen LogP contribution is 2.27. The molecule has 17 heavy (non-hydrogen) atoms. The minimum atomic E-state index is 0.222. The molecular weight excluding hydrogens is 282 g/mol. The molecule has 1 aromatic heterocycles. The summed E-state index contributed by atoms with van der Waals surface area (Å²) in [5.74, 6) is 0.544. The molecule has 0 amide bonds. The molecule has 1 atom stereocenters. The van der Waals surface area contributed by atoms with Crippen LogP contribution >= 0.6 is 15.9 Å². The lowest BCUT2D eigenvalue weighted by atomic mass is 10.2. The van der Waals surface area contributed by atoms with Crippen LogP contribution in [0.3, 0.4) is 0 Å². The van der Waals surface area contributed by atoms with Gasteiger partial charge in [0.15, 0.2) is 0 Å². The summed E-state index contributed by atoms with van der Waals surface area (Å²) in [6, 6.07) is 6.19. The minimum absolute atomic E-state index is 0.222. The predicted octanol–water partition coefficient (Wildman–Crippen LogP) is 2.98. The van der Waals surface area contributed by atoms with Gasteiger partial charge in [0.25, 0.3) is 0 Å². The minimum Gasteiger partial charge on any atom is -0.383 e. The average molecular weight is 298 g/mol. The van der Waals surface area contributed by atoms with Crippen LogP contribution in [0.15, 0.2) is 22.7 Å². The highest BCUT2D eigenvalue weighted by Gasteiger charge is 2.16. The van der Waals surface area contributed by atoms with Crippen molar-refractivity contribution in [3.8, 4) is 0 Å². The van der Waals surface area contributed by atoms with Crippen LogP contribution in [-0.2, 0) is 4.74 Å². The Labute approximate surface area is 109 Å². The van der Waals surface area contributed by atoms with Gasteiger partial charge >= 0.3 is 0 Å². The SMILES string of the molecule is CCC(COC)n1c(N)nc2ccc(Br)cc21. The number of rotatable bonds is 4. The first-order valence-corrected chi connectivity index (χ1v) is 6.38. The number of methoxy groups -OCH3 is 1. The molecule has 92 valence electrons. The molecule has 0 saturated carbocycles. The molecule has 0 spiro atoms. The zero-order chi connectivity index (χ0) is 12.4. The van der Waals surface area contributed by atoms with Gasteiger partial charge in [-0.05, 0) is 24.6 Å². The van der Waals surface area contributed by atoms with Gasteiger partial charge in [0.1, 0.15) is 0 Å². The molecule has 0 aliphatic carbocycles. The number of hydrogen-bond acceptors (Lipinski definition) is 3. The third-order valence-corrected chi connectivity index (χ3v) is 3.37. The first-order chi connectivity index (χ1) is 8.17. The second-order valence-corrected chi connectivity index (χ2v) is 4.91. The Morgan fingerprint density at radius 2 is 2.29 bits per heavy atom. The van der Waals surface area contributed by atoms with Gasteiger partial charge in [-0.15, -0.1) is 0 Å². The molecule has 5 heteroatoms. The van der Waals surface area contributed by atoms with Crippen molar-refractivity contribution in [2.75, 3.05) is 19.5 Å². The van der Waals surface area contributed by atoms with Crippen molar-refractivity contribution in [2.24, 2.45) is 0 Å². The smallest absolute Gasteiger partial charge is 0.201 e. The normalized spacial score (nSPS) is 13.1. The van der Waals surface area contributed by atoms with Gasteiger partial charge in [-0.3, -0.25) is 0 Å². The van der Waals surface area contributed by atoms with E-state index in [-0.39, 0.29) is 6.04 Å². The largest absolute Gasteiger partial charge is 0.383 e. The fourth-order valence-corrected chi connectivity index (χ4v) is 2.38. The standard InChI is InChI=1S/C12H16BrN3O/c1-3-9(7-17-2)16-11-6-8(13)4-5-10(11)15-12(16)14/h4-6,9H,3,7H2,1-2H3,(H2,14,15). The van der Waals surface area contributed by atoms with Crippen LogP contribution in [-0.4, -0.2) is 23.3 Å². The number of nitrogens with zero attached hydrogens (tertiary/aromatic N) is 2. The van der Waals surface area contributed by atoms with E-state index in [1.165, 1.54) is 0 Å². The van der Waals surface area contributed by atoms with Crippen molar-refractivity contribution in [3.63, 3.8) is 0 Å². The summed E-state index contributed by atoms with van der Waals surface area (Å²) in [5, 5.41) is 0. The van der Waals surface area contributed by atoms with E-state index in [9.17, 15) is 0 Å². The number of aromatic nitrogens is 2. The summed E-state index contributed by atoms with van der Waals surface area (Å²) in [7, 11) is 1.70. The van der Waals surface area contributed by atoms with Crippen molar-refractivity contribution in [2.45, 2.75) is 19.4 Å². The van der Waals surface area contributed by atoms with Crippen molar-refractivity contribution in [1.82, 2.24) is 9.55 Å². The maximum atomic E-state index is 5.99. The molecule has 0 radical (unpaired) electrons. The summed E-state index contributed by atoms with van der Waals surface area (Å²) in [5.41, 5.74) is 7.95. The van der Waals surface area contributed by atoms with Gasteiger partial charge < -0.3 is 15.0 Å². The summed E-state index contributed by atoms with van der Waals surface area (Å²) in [4.78, 5) is 4.37. The Morgan fingerprint density at radius 1 is 1.53 bits per heavy atom. The van der Waals surface area contributed by atoms with Crippen molar-refractivity contribution >= 4 is 32.9 Å². The molecule has 0 aliphatic rings. The number of imidazole rings is 1. The van der Waals surface area contributed by atoms with Crippen LogP contribution in [0.5, 0.6) is 0 Å². The number of nitrogens with two attached hydrogens (primary N) is 1. The van der Waals surface area contributed by atoms with Crippen molar-refractivity contribution < 1.29 is 4.74 Å². The predicted molar refractivity (Wildman–Crippen MR) is 73.0 cm³/mol. The third-order valence-electron chi connectivity index (χ3n) is 2.87. The van der Waals surface area contributed by atoms with Crippen LogP contribution in [0.2, 0.25) is 0 Å². The molecule has 1 aromatic carbocycles. The van der Waals surface area contributed by atoms with E-state index in [1.807, 2.05) is 22.8 Å². The highest BCUT2D eigenvalue weighted by molar-refractivity contribution is 9.10. The van der Waals surface area contributed by atoms with E-state index in [2.05, 4.69) is 27.8 Å². The molecule has 0 saturated heterocycles. The maximum absolute atomic E-state index is 5.99. The van der Waals surface area contributed by atoms with E-state index >= 15 is 0 Å². The zero-order valence-corrected chi connectivity index (χ0v) is 11.6. The first-order valence-electron chi connectivity index (χ1n) is 5.59. The lowest BCUT2D eigenvalue weighted by molar-refractivity contribution is 0.155. The summed E-state index contributed by atoms with van der Waals surface area (Å²) >= 11 is 3.47. The van der Waals surface area contributed by atoms with Crippen molar-refractivity contribution in [1.29, 1.82) is 0 Å². The summed E-state index contributed by atoms with van der Waals surface area (Å²) in [6.45, 7) is 2.76. The summed E-state index contributed by atoms with van der Waals surface area (Å²) < 4.78 is 8.31. The summed E-state index contributed by atoms with van der Waals surface area (Å²) in [6.07, 6.45) is 0.954. The first kappa shape index (κ1) is 12.4. The number of benzene rings is 1. The van der Waals surface area contributed by atoms with Gasteiger partial charge in [0, 0.05) is 11.6 Å². The quantitative estimate of drug-likeness (QED) is 0.944. The number of anilines is 1. The lowest BCUT2D eigenvalue weighted by Crippen LogP contribution is -2.15. The van der Waals surface area contributed by atoms with Gasteiger partial charge in [-0.25, -0.2) is 4.98 Å². The number of halogens is 1. The molecule has 4 nitrogen and oxygen atoms in total. The number of fused-ring (bicyclic) bond motifs is 1. The van der Waals surface area contributed by atoms with Crippen LogP contribution in [0.1, 0.15) is 19.4 Å². The van der Waals surface area contributed by atoms with E-state index < -0.39 is 0 Å². The fraction of sp³-hybridized carbons (Fsp3) is 0.417. The Hall–Kier alpha value is -1.07. The maximum Gasteiger partial charge on any atom is 0.201 e. The Bertz CT molecular complexity index is 524. The second-order valence-electron chi connectivity index (χ2n) is 3.99. The monoisotopic (exact) mass is 297 g/mol. The number of nitrogen functional groups attached to an aromatic ring is 1. The van der Waals surface area contributed by atoms with Crippen LogP contribution in [0.4, 0.5) is 5.95 Å². The molecular formula is C12H16BrN3O. The van der Waals surface area contributed by atoms with Gasteiger partial charge in [-0.2, -0.15) is 0 Å². The van der Waals surface area contributed by atoms with Crippen LogP contribution in [0.25, 0.3) is 11.0 Å².